The molecular formula is C26H34N6O. The van der Waals surface area contributed by atoms with Crippen LogP contribution in [0.25, 0.3) is 22.3 Å². The molecule has 4 unspecified atom stereocenters. The van der Waals surface area contributed by atoms with Crippen molar-refractivity contribution < 1.29 is 4.74 Å². The number of nitrogen functional groups attached to an aromatic ring is 1. The van der Waals surface area contributed by atoms with Gasteiger partial charge < -0.3 is 20.4 Å². The third-order valence-electron chi connectivity index (χ3n) is 7.70. The van der Waals surface area contributed by atoms with Crippen LogP contribution in [0.5, 0.6) is 0 Å². The van der Waals surface area contributed by atoms with Gasteiger partial charge in [-0.05, 0) is 48.8 Å². The number of anilines is 2. The molecule has 0 bridgehead atoms. The molecule has 3 aromatic rings. The maximum Gasteiger partial charge on any atom is 0.220 e. The normalized spacial score (nSPS) is 25.6. The first-order chi connectivity index (χ1) is 16.0. The molecule has 0 spiro atoms. The number of nitrogens with two attached hydrogens (primary N) is 1. The summed E-state index contributed by atoms with van der Waals surface area (Å²) in [4.78, 5) is 18.8. The van der Waals surface area contributed by atoms with Crippen LogP contribution in [0.3, 0.4) is 0 Å². The third-order valence-corrected chi connectivity index (χ3v) is 7.70. The number of fused-ring (bicyclic) bond motifs is 1. The molecular weight excluding hydrogens is 412 g/mol. The van der Waals surface area contributed by atoms with Gasteiger partial charge >= 0.3 is 0 Å². The molecule has 0 aromatic carbocycles. The van der Waals surface area contributed by atoms with E-state index in [2.05, 4.69) is 58.6 Å². The van der Waals surface area contributed by atoms with Crippen LogP contribution < -0.4 is 10.6 Å². The molecule has 5 heterocycles. The van der Waals surface area contributed by atoms with Crippen LogP contribution in [0, 0.1) is 17.8 Å². The van der Waals surface area contributed by atoms with Gasteiger partial charge in [0.2, 0.25) is 5.95 Å². The summed E-state index contributed by atoms with van der Waals surface area (Å²) in [6.07, 6.45) is 9.07. The Kier molecular flexibility index (Phi) is 5.72. The van der Waals surface area contributed by atoms with Gasteiger partial charge in [-0.1, -0.05) is 27.7 Å². The fourth-order valence-corrected chi connectivity index (χ4v) is 5.74. The minimum atomic E-state index is 0.274. The van der Waals surface area contributed by atoms with Gasteiger partial charge in [-0.3, -0.25) is 0 Å². The fourth-order valence-electron chi connectivity index (χ4n) is 5.74. The Hall–Kier alpha value is -3.09. The molecule has 0 aliphatic carbocycles. The predicted octanol–water partition coefficient (Wildman–Crippen LogP) is 5.17. The van der Waals surface area contributed by atoms with Crippen molar-refractivity contribution in [1.82, 2.24) is 19.9 Å². The zero-order valence-corrected chi connectivity index (χ0v) is 20.0. The van der Waals surface area contributed by atoms with Crippen LogP contribution >= 0.6 is 0 Å². The van der Waals surface area contributed by atoms with Crippen LogP contribution in [0.15, 0.2) is 42.1 Å². The second-order valence-electron chi connectivity index (χ2n) is 9.44. The summed E-state index contributed by atoms with van der Waals surface area (Å²) in [7, 11) is 0. The Morgan fingerprint density at radius 3 is 2.76 bits per heavy atom. The van der Waals surface area contributed by atoms with Crippen molar-refractivity contribution in [3.63, 3.8) is 0 Å². The average molecular weight is 447 g/mol. The quantitative estimate of drug-likeness (QED) is 0.561. The lowest BCUT2D eigenvalue weighted by molar-refractivity contribution is 0.0115. The predicted molar refractivity (Wildman–Crippen MR) is 133 cm³/mol. The summed E-state index contributed by atoms with van der Waals surface area (Å²) >= 11 is 0. The Bertz CT molecular complexity index is 1180. The fraction of sp³-hybridized carbons (Fsp3) is 0.500. The van der Waals surface area contributed by atoms with Crippen LogP contribution in [-0.2, 0) is 4.74 Å². The highest BCUT2D eigenvalue weighted by Gasteiger charge is 2.38. The smallest absolute Gasteiger partial charge is 0.220 e. The zero-order chi connectivity index (χ0) is 23.1. The van der Waals surface area contributed by atoms with E-state index in [1.165, 1.54) is 17.0 Å². The van der Waals surface area contributed by atoms with Crippen LogP contribution in [0.4, 0.5) is 11.6 Å². The molecule has 7 heteroatoms. The van der Waals surface area contributed by atoms with E-state index in [1.54, 1.807) is 6.20 Å². The van der Waals surface area contributed by atoms with Crippen LogP contribution in [0.1, 0.15) is 47.0 Å². The van der Waals surface area contributed by atoms with E-state index in [1.807, 2.05) is 18.5 Å². The minimum absolute atomic E-state index is 0.274. The van der Waals surface area contributed by atoms with Gasteiger partial charge in [-0.15, -0.1) is 0 Å². The van der Waals surface area contributed by atoms with Gasteiger partial charge in [0.1, 0.15) is 17.5 Å². The molecule has 3 aromatic heterocycles. The number of nitrogens with one attached hydrogen (secondary N) is 1. The summed E-state index contributed by atoms with van der Waals surface area (Å²) in [6.45, 7) is 11.2. The van der Waals surface area contributed by atoms with Gasteiger partial charge in [0.25, 0.3) is 0 Å². The van der Waals surface area contributed by atoms with Crippen LogP contribution in [0.2, 0.25) is 0 Å². The first-order valence-corrected chi connectivity index (χ1v) is 12.2. The molecule has 33 heavy (non-hydrogen) atoms. The average Bonchev–Trinajstić information content (AvgIpc) is 3.48. The van der Waals surface area contributed by atoms with Crippen molar-refractivity contribution in [3.8, 4) is 11.3 Å². The van der Waals surface area contributed by atoms with Gasteiger partial charge in [0, 0.05) is 43.2 Å². The summed E-state index contributed by atoms with van der Waals surface area (Å²) < 4.78 is 6.67. The monoisotopic (exact) mass is 446 g/mol. The van der Waals surface area contributed by atoms with Gasteiger partial charge in [-0.2, -0.15) is 0 Å². The van der Waals surface area contributed by atoms with Crippen molar-refractivity contribution in [2.45, 2.75) is 53.1 Å². The van der Waals surface area contributed by atoms with Gasteiger partial charge in [-0.25, -0.2) is 15.0 Å². The van der Waals surface area contributed by atoms with Crippen molar-refractivity contribution in [2.75, 3.05) is 23.7 Å². The summed E-state index contributed by atoms with van der Waals surface area (Å²) in [5.74, 6) is 3.10. The van der Waals surface area contributed by atoms with Crippen molar-refractivity contribution in [1.29, 1.82) is 0 Å². The highest BCUT2D eigenvalue weighted by molar-refractivity contribution is 6.02. The summed E-state index contributed by atoms with van der Waals surface area (Å²) in [5, 5.41) is 1.08. The molecule has 0 radical (unpaired) electrons. The first-order valence-electron chi connectivity index (χ1n) is 12.2. The molecule has 5 rings (SSSR count). The van der Waals surface area contributed by atoms with E-state index < -0.39 is 0 Å². The molecule has 1 fully saturated rings. The number of hydrogen-bond acceptors (Lipinski definition) is 6. The summed E-state index contributed by atoms with van der Waals surface area (Å²) in [5.41, 5.74) is 11.2. The van der Waals surface area contributed by atoms with Crippen LogP contribution in [-0.4, -0.2) is 39.1 Å². The maximum atomic E-state index is 6.67. The van der Waals surface area contributed by atoms with Gasteiger partial charge in [0.15, 0.2) is 0 Å². The van der Waals surface area contributed by atoms with E-state index in [0.29, 0.717) is 23.9 Å². The first kappa shape index (κ1) is 21.7. The standard InChI is InChI=1S/C26H34N6O/c1-5-18-15(3)16(4)22(6-2)33-24(18)17-9-12-32(14-17)21-8-11-28-25-23(21)19(13-30-25)20-7-10-29-26(27)31-20/h7-8,10-11,13,15-17,22H,5-6,9,12,14H2,1-4H3,(H,28,30)(H2,27,29,31). The zero-order valence-electron chi connectivity index (χ0n) is 20.0. The Morgan fingerprint density at radius 1 is 1.18 bits per heavy atom. The largest absolute Gasteiger partial charge is 0.494 e. The lowest BCUT2D eigenvalue weighted by Crippen LogP contribution is -2.35. The molecule has 4 atom stereocenters. The molecule has 3 N–H and O–H groups in total. The maximum absolute atomic E-state index is 6.67. The number of H-pyrrole nitrogens is 1. The Labute approximate surface area is 195 Å². The second-order valence-corrected chi connectivity index (χ2v) is 9.44. The topological polar surface area (TPSA) is 93.0 Å². The number of hydrogen-bond donors (Lipinski definition) is 2. The van der Waals surface area contributed by atoms with E-state index in [9.17, 15) is 0 Å². The number of pyridine rings is 1. The molecule has 7 nitrogen and oxygen atoms in total. The molecule has 0 saturated carbocycles. The van der Waals surface area contributed by atoms with E-state index in [0.717, 1.165) is 54.6 Å². The van der Waals surface area contributed by atoms with E-state index >= 15 is 0 Å². The number of aromatic nitrogens is 4. The molecule has 174 valence electrons. The molecule has 0 amide bonds. The minimum Gasteiger partial charge on any atom is -0.494 e. The van der Waals surface area contributed by atoms with E-state index in [4.69, 9.17) is 10.5 Å². The van der Waals surface area contributed by atoms with Crippen molar-refractivity contribution in [2.24, 2.45) is 17.8 Å². The third kappa shape index (κ3) is 3.73. The molecule has 1 saturated heterocycles. The second kappa shape index (κ2) is 8.69. The SMILES string of the molecule is CCC1=C(C2CCN(c3ccnc4[nH]cc(-c5ccnc(N)n5)c34)C2)OC(CC)C(C)C1C. The van der Waals surface area contributed by atoms with Gasteiger partial charge in [0.05, 0.1) is 16.8 Å². The lowest BCUT2D eigenvalue weighted by atomic mass is 9.78. The van der Waals surface area contributed by atoms with E-state index in [-0.39, 0.29) is 5.95 Å². The molecule has 2 aliphatic heterocycles. The van der Waals surface area contributed by atoms with Crippen molar-refractivity contribution in [3.05, 3.63) is 42.1 Å². The number of ether oxygens (including phenoxy) is 1. The number of nitrogens with zero attached hydrogens (tertiary/aromatic N) is 4. The number of allylic oxidation sites excluding steroid dienone is 1. The van der Waals surface area contributed by atoms with Crippen molar-refractivity contribution >= 4 is 22.7 Å². The molecule has 2 aliphatic rings. The highest BCUT2D eigenvalue weighted by Crippen LogP contribution is 2.43. The number of rotatable bonds is 5. The Morgan fingerprint density at radius 2 is 2.00 bits per heavy atom. The highest BCUT2D eigenvalue weighted by atomic mass is 16.5. The summed E-state index contributed by atoms with van der Waals surface area (Å²) in [6, 6.07) is 4.01. The lowest BCUT2D eigenvalue weighted by Gasteiger charge is -2.39. The number of aromatic amines is 1. The Balaban J connectivity index is 1.49.